The molecule has 0 radical (unpaired) electrons. The zero-order chi connectivity index (χ0) is 8.81. The van der Waals surface area contributed by atoms with Gasteiger partial charge in [0.2, 0.25) is 0 Å². The summed E-state index contributed by atoms with van der Waals surface area (Å²) in [6, 6.07) is -0.428. The summed E-state index contributed by atoms with van der Waals surface area (Å²) in [4.78, 5) is 12.4. The third-order valence-corrected chi connectivity index (χ3v) is 2.28. The lowest BCUT2D eigenvalue weighted by Crippen LogP contribution is -2.36. The molecule has 0 amide bonds. The number of likely N-dealkylation sites (tertiary alicyclic amines) is 1. The molecule has 1 aliphatic rings. The van der Waals surface area contributed by atoms with E-state index in [2.05, 4.69) is 10.1 Å². The van der Waals surface area contributed by atoms with Gasteiger partial charge in [-0.25, -0.2) is 0 Å². The van der Waals surface area contributed by atoms with E-state index in [1.807, 2.05) is 0 Å². The molecule has 1 unspecified atom stereocenters. The number of hydrogen-bond acceptors (Lipinski definition) is 4. The first-order valence-electron chi connectivity index (χ1n) is 4.52. The summed E-state index contributed by atoms with van der Waals surface area (Å²) < 4.78 is 0. The van der Waals surface area contributed by atoms with E-state index in [1.54, 1.807) is 0 Å². The third-order valence-electron chi connectivity index (χ3n) is 2.28. The Hall–Kier alpha value is -0.480. The van der Waals surface area contributed by atoms with Gasteiger partial charge in [-0.15, -0.1) is 0 Å². The summed E-state index contributed by atoms with van der Waals surface area (Å²) in [5.74, 6) is 0. The van der Waals surface area contributed by atoms with Crippen LogP contribution in [-0.2, 0) is 0 Å². The molecular weight excluding hydrogens is 156 g/mol. The molecule has 12 heavy (non-hydrogen) atoms. The van der Waals surface area contributed by atoms with Crippen molar-refractivity contribution in [3.05, 3.63) is 4.91 Å². The van der Waals surface area contributed by atoms with Crippen LogP contribution in [0.5, 0.6) is 0 Å². The number of aliphatic hydroxyl groups is 1. The molecule has 1 atom stereocenters. The predicted octanol–water partition coefficient (Wildman–Crippen LogP) is 0.600. The van der Waals surface area contributed by atoms with Crippen LogP contribution in [-0.4, -0.2) is 42.3 Å². The minimum Gasteiger partial charge on any atom is -0.394 e. The maximum Gasteiger partial charge on any atom is 0.127 e. The predicted molar refractivity (Wildman–Crippen MR) is 47.0 cm³/mol. The molecule has 1 saturated heterocycles. The SMILES string of the molecule is O=NC(CO)CN1CCCCC1. The molecular formula is C8H16N2O2. The normalized spacial score (nSPS) is 22.1. The zero-order valence-corrected chi connectivity index (χ0v) is 7.28. The number of nitroso groups, excluding NO2 is 1. The Labute approximate surface area is 72.5 Å². The molecule has 1 N–H and O–H groups in total. The summed E-state index contributed by atoms with van der Waals surface area (Å²) in [5, 5.41) is 11.6. The number of rotatable bonds is 4. The van der Waals surface area contributed by atoms with Gasteiger partial charge >= 0.3 is 0 Å². The fourth-order valence-corrected chi connectivity index (χ4v) is 1.56. The van der Waals surface area contributed by atoms with Gasteiger partial charge < -0.3 is 10.0 Å². The fraction of sp³-hybridized carbons (Fsp3) is 1.00. The molecule has 0 bridgehead atoms. The average Bonchev–Trinajstić information content (AvgIpc) is 2.16. The minimum absolute atomic E-state index is 0.125. The van der Waals surface area contributed by atoms with Gasteiger partial charge in [0.05, 0.1) is 6.61 Å². The quantitative estimate of drug-likeness (QED) is 0.632. The molecule has 1 fully saturated rings. The van der Waals surface area contributed by atoms with Crippen LogP contribution >= 0.6 is 0 Å². The first-order valence-corrected chi connectivity index (χ1v) is 4.52. The van der Waals surface area contributed by atoms with Gasteiger partial charge in [0, 0.05) is 6.54 Å². The van der Waals surface area contributed by atoms with Gasteiger partial charge in [0.15, 0.2) is 0 Å². The van der Waals surface area contributed by atoms with Crippen molar-refractivity contribution < 1.29 is 5.11 Å². The van der Waals surface area contributed by atoms with Gasteiger partial charge in [-0.3, -0.25) is 0 Å². The highest BCUT2D eigenvalue weighted by Gasteiger charge is 2.15. The highest BCUT2D eigenvalue weighted by Crippen LogP contribution is 2.09. The van der Waals surface area contributed by atoms with Crippen molar-refractivity contribution in [1.29, 1.82) is 0 Å². The van der Waals surface area contributed by atoms with Crippen LogP contribution < -0.4 is 0 Å². The first kappa shape index (κ1) is 9.61. The second-order valence-electron chi connectivity index (χ2n) is 3.30. The molecule has 0 aromatic heterocycles. The summed E-state index contributed by atoms with van der Waals surface area (Å²) in [6.45, 7) is 2.60. The molecule has 0 spiro atoms. The van der Waals surface area contributed by atoms with E-state index in [0.717, 1.165) is 13.1 Å². The van der Waals surface area contributed by atoms with Crippen molar-refractivity contribution in [2.24, 2.45) is 5.18 Å². The lowest BCUT2D eigenvalue weighted by Gasteiger charge is -2.27. The number of piperidine rings is 1. The standard InChI is InChI=1S/C8H16N2O2/c11-7-8(9-12)6-10-4-2-1-3-5-10/h8,11H,1-7H2. The highest BCUT2D eigenvalue weighted by molar-refractivity contribution is 4.72. The molecule has 0 aromatic carbocycles. The molecule has 0 aliphatic carbocycles. The molecule has 1 rings (SSSR count). The molecule has 1 heterocycles. The van der Waals surface area contributed by atoms with Crippen molar-refractivity contribution in [3.63, 3.8) is 0 Å². The molecule has 1 aliphatic heterocycles. The van der Waals surface area contributed by atoms with Crippen LogP contribution in [0.2, 0.25) is 0 Å². The molecule has 70 valence electrons. The lowest BCUT2D eigenvalue weighted by atomic mass is 10.1. The van der Waals surface area contributed by atoms with Crippen molar-refractivity contribution in [3.8, 4) is 0 Å². The molecule has 0 saturated carbocycles. The Kier molecular flexibility index (Phi) is 4.18. The molecule has 0 aromatic rings. The third kappa shape index (κ3) is 2.87. The first-order chi connectivity index (χ1) is 5.86. The maximum atomic E-state index is 10.2. The smallest absolute Gasteiger partial charge is 0.127 e. The van der Waals surface area contributed by atoms with Crippen LogP contribution in [0.25, 0.3) is 0 Å². The molecule has 4 nitrogen and oxygen atoms in total. The average molecular weight is 172 g/mol. The Bertz CT molecular complexity index is 135. The summed E-state index contributed by atoms with van der Waals surface area (Å²) >= 11 is 0. The second-order valence-corrected chi connectivity index (χ2v) is 3.30. The largest absolute Gasteiger partial charge is 0.394 e. The van der Waals surface area contributed by atoms with Gasteiger partial charge in [-0.2, -0.15) is 4.91 Å². The van der Waals surface area contributed by atoms with E-state index in [1.165, 1.54) is 19.3 Å². The van der Waals surface area contributed by atoms with E-state index in [-0.39, 0.29) is 6.61 Å². The zero-order valence-electron chi connectivity index (χ0n) is 7.28. The monoisotopic (exact) mass is 172 g/mol. The van der Waals surface area contributed by atoms with Crippen LogP contribution in [0.3, 0.4) is 0 Å². The summed E-state index contributed by atoms with van der Waals surface area (Å²) in [5.41, 5.74) is 0. The number of nitrogens with zero attached hydrogens (tertiary/aromatic N) is 2. The fourth-order valence-electron chi connectivity index (χ4n) is 1.56. The van der Waals surface area contributed by atoms with E-state index in [4.69, 9.17) is 5.11 Å². The van der Waals surface area contributed by atoms with E-state index in [0.29, 0.717) is 6.54 Å². The van der Waals surface area contributed by atoms with Crippen LogP contribution in [0, 0.1) is 4.91 Å². The second kappa shape index (κ2) is 5.22. The minimum atomic E-state index is -0.428. The van der Waals surface area contributed by atoms with E-state index < -0.39 is 6.04 Å². The maximum absolute atomic E-state index is 10.2. The van der Waals surface area contributed by atoms with Gasteiger partial charge in [0.1, 0.15) is 6.04 Å². The number of hydrogen-bond donors (Lipinski definition) is 1. The van der Waals surface area contributed by atoms with Gasteiger partial charge in [-0.1, -0.05) is 11.6 Å². The van der Waals surface area contributed by atoms with Crippen molar-refractivity contribution in [2.45, 2.75) is 25.3 Å². The summed E-state index contributed by atoms with van der Waals surface area (Å²) in [7, 11) is 0. The van der Waals surface area contributed by atoms with Gasteiger partial charge in [0.25, 0.3) is 0 Å². The van der Waals surface area contributed by atoms with Gasteiger partial charge in [-0.05, 0) is 25.9 Å². The Morgan fingerprint density at radius 2 is 2.00 bits per heavy atom. The van der Waals surface area contributed by atoms with Crippen LogP contribution in [0.15, 0.2) is 5.18 Å². The summed E-state index contributed by atoms with van der Waals surface area (Å²) in [6.07, 6.45) is 3.70. The van der Waals surface area contributed by atoms with Crippen molar-refractivity contribution in [2.75, 3.05) is 26.2 Å². The Morgan fingerprint density at radius 3 is 2.50 bits per heavy atom. The van der Waals surface area contributed by atoms with Crippen molar-refractivity contribution >= 4 is 0 Å². The van der Waals surface area contributed by atoms with E-state index in [9.17, 15) is 4.91 Å². The van der Waals surface area contributed by atoms with Crippen LogP contribution in [0.1, 0.15) is 19.3 Å². The lowest BCUT2D eigenvalue weighted by molar-refractivity contribution is 0.180. The molecule has 4 heteroatoms. The number of aliphatic hydroxyl groups excluding tert-OH is 1. The highest BCUT2D eigenvalue weighted by atomic mass is 16.3. The van der Waals surface area contributed by atoms with Crippen LogP contribution in [0.4, 0.5) is 0 Å². The Balaban J connectivity index is 2.22. The van der Waals surface area contributed by atoms with Crippen molar-refractivity contribution in [1.82, 2.24) is 4.90 Å². The Morgan fingerprint density at radius 1 is 1.33 bits per heavy atom. The van der Waals surface area contributed by atoms with E-state index >= 15 is 0 Å². The topological polar surface area (TPSA) is 52.9 Å².